The van der Waals surface area contributed by atoms with E-state index in [9.17, 15) is 9.59 Å². The first-order valence-corrected chi connectivity index (χ1v) is 5.84. The van der Waals surface area contributed by atoms with Crippen LogP contribution in [0.25, 0.3) is 0 Å². The van der Waals surface area contributed by atoms with Crippen molar-refractivity contribution in [1.82, 2.24) is 24.5 Å². The minimum Gasteiger partial charge on any atom is -0.467 e. The minimum absolute atomic E-state index is 0.0961. The molecule has 0 bridgehead atoms. The molecule has 0 amide bonds. The average Bonchev–Trinajstić information content (AvgIpc) is 2.50. The van der Waals surface area contributed by atoms with Crippen molar-refractivity contribution in [3.8, 4) is 18.0 Å². The van der Waals surface area contributed by atoms with Gasteiger partial charge in [0.1, 0.15) is 11.4 Å². The van der Waals surface area contributed by atoms with E-state index in [0.717, 1.165) is 4.57 Å². The van der Waals surface area contributed by atoms with E-state index in [1.807, 2.05) is 0 Å². The summed E-state index contributed by atoms with van der Waals surface area (Å²) in [7, 11) is 4.07. The lowest BCUT2D eigenvalue weighted by Crippen LogP contribution is -2.25. The molecule has 0 radical (unpaired) electrons. The van der Waals surface area contributed by atoms with Crippen LogP contribution >= 0.6 is 0 Å². The molecule has 2 aromatic rings. The monoisotopic (exact) mass is 308 g/mol. The molecule has 0 fully saturated rings. The van der Waals surface area contributed by atoms with Gasteiger partial charge >= 0.3 is 29.7 Å². The predicted molar refractivity (Wildman–Crippen MR) is 71.8 cm³/mol. The highest BCUT2D eigenvalue weighted by molar-refractivity contribution is 5.94. The van der Waals surface area contributed by atoms with Crippen molar-refractivity contribution >= 4 is 11.8 Å². The van der Waals surface area contributed by atoms with Gasteiger partial charge in [-0.05, 0) is 0 Å². The van der Waals surface area contributed by atoms with Gasteiger partial charge in [0.15, 0.2) is 0 Å². The molecular formula is C11H12N6O5. The number of ether oxygens (including phenoxy) is 3. The lowest BCUT2D eigenvalue weighted by atomic mass is 10.3. The number of nitrogen functional groups attached to an aromatic ring is 1. The standard InChI is InChI=1S/C11H12N6O5/c1-17-4-5(6(12)13-11(17)19)7(18)22-10-15-8(20-2)14-9(16-10)21-3/h4H,1-3H3,(H2,12,13,19). The lowest BCUT2D eigenvalue weighted by Gasteiger charge is -2.07. The number of hydrogen-bond donors (Lipinski definition) is 1. The topological polar surface area (TPSA) is 144 Å². The van der Waals surface area contributed by atoms with Crippen molar-refractivity contribution < 1.29 is 19.0 Å². The molecule has 2 aromatic heterocycles. The fraction of sp³-hybridized carbons (Fsp3) is 0.273. The molecule has 11 heteroatoms. The van der Waals surface area contributed by atoms with Gasteiger partial charge in [-0.3, -0.25) is 0 Å². The number of carbonyl (C=O) groups excluding carboxylic acids is 1. The van der Waals surface area contributed by atoms with Gasteiger partial charge in [-0.1, -0.05) is 0 Å². The Labute approximate surface area is 123 Å². The van der Waals surface area contributed by atoms with Gasteiger partial charge < -0.3 is 24.5 Å². The number of rotatable bonds is 4. The molecule has 0 saturated carbocycles. The van der Waals surface area contributed by atoms with E-state index in [-0.39, 0.29) is 29.4 Å². The van der Waals surface area contributed by atoms with E-state index in [1.165, 1.54) is 27.5 Å². The first kappa shape index (κ1) is 15.2. The van der Waals surface area contributed by atoms with Crippen molar-refractivity contribution in [2.45, 2.75) is 0 Å². The Morgan fingerprint density at radius 3 is 2.18 bits per heavy atom. The fourth-order valence-corrected chi connectivity index (χ4v) is 1.40. The number of aromatic nitrogens is 5. The molecular weight excluding hydrogens is 296 g/mol. The van der Waals surface area contributed by atoms with E-state index < -0.39 is 11.7 Å². The van der Waals surface area contributed by atoms with Gasteiger partial charge in [-0.2, -0.15) is 4.98 Å². The second-order valence-corrected chi connectivity index (χ2v) is 3.91. The third-order valence-electron chi connectivity index (χ3n) is 2.46. The molecule has 0 saturated heterocycles. The van der Waals surface area contributed by atoms with Crippen molar-refractivity contribution in [3.63, 3.8) is 0 Å². The van der Waals surface area contributed by atoms with Crippen LogP contribution in [0.1, 0.15) is 10.4 Å². The molecule has 0 aliphatic rings. The Bertz CT molecular complexity index is 752. The zero-order valence-electron chi connectivity index (χ0n) is 11.9. The second kappa shape index (κ2) is 6.03. The summed E-state index contributed by atoms with van der Waals surface area (Å²) in [6.45, 7) is 0. The zero-order valence-corrected chi connectivity index (χ0v) is 11.9. The maximum absolute atomic E-state index is 12.1. The molecule has 0 aliphatic heterocycles. The van der Waals surface area contributed by atoms with E-state index >= 15 is 0 Å². The molecule has 2 rings (SSSR count). The molecule has 0 spiro atoms. The third-order valence-corrected chi connectivity index (χ3v) is 2.46. The summed E-state index contributed by atoms with van der Waals surface area (Å²) in [5.74, 6) is -1.16. The Kier molecular flexibility index (Phi) is 4.15. The van der Waals surface area contributed by atoms with Gasteiger partial charge in [0.2, 0.25) is 0 Å². The average molecular weight is 308 g/mol. The van der Waals surface area contributed by atoms with Crippen LogP contribution in [0.2, 0.25) is 0 Å². The highest BCUT2D eigenvalue weighted by Gasteiger charge is 2.18. The maximum Gasteiger partial charge on any atom is 0.351 e. The molecule has 11 nitrogen and oxygen atoms in total. The fourth-order valence-electron chi connectivity index (χ4n) is 1.40. The van der Waals surface area contributed by atoms with Crippen LogP contribution in [0.3, 0.4) is 0 Å². The van der Waals surface area contributed by atoms with Crippen LogP contribution in [0.5, 0.6) is 18.0 Å². The molecule has 0 unspecified atom stereocenters. The van der Waals surface area contributed by atoms with Crippen molar-refractivity contribution in [2.75, 3.05) is 20.0 Å². The van der Waals surface area contributed by atoms with Crippen molar-refractivity contribution in [3.05, 3.63) is 22.2 Å². The predicted octanol–water partition coefficient (Wildman–Crippen LogP) is -1.22. The van der Waals surface area contributed by atoms with E-state index in [1.54, 1.807) is 0 Å². The summed E-state index contributed by atoms with van der Waals surface area (Å²) in [4.78, 5) is 38.1. The van der Waals surface area contributed by atoms with Gasteiger partial charge in [0, 0.05) is 13.2 Å². The van der Waals surface area contributed by atoms with Crippen LogP contribution < -0.4 is 25.6 Å². The van der Waals surface area contributed by atoms with E-state index in [4.69, 9.17) is 19.9 Å². The molecule has 2 N–H and O–H groups in total. The highest BCUT2D eigenvalue weighted by Crippen LogP contribution is 2.16. The number of carbonyl (C=O) groups is 1. The van der Waals surface area contributed by atoms with E-state index in [0.29, 0.717) is 0 Å². The van der Waals surface area contributed by atoms with Crippen LogP contribution in [0, 0.1) is 0 Å². The number of esters is 1. The Balaban J connectivity index is 2.33. The van der Waals surface area contributed by atoms with Crippen LogP contribution in [0.15, 0.2) is 11.0 Å². The van der Waals surface area contributed by atoms with Crippen LogP contribution in [0.4, 0.5) is 5.82 Å². The number of methoxy groups -OCH3 is 2. The Hall–Kier alpha value is -3.24. The summed E-state index contributed by atoms with van der Waals surface area (Å²) in [6.07, 6.45) is 1.20. The molecule has 22 heavy (non-hydrogen) atoms. The van der Waals surface area contributed by atoms with Crippen LogP contribution in [-0.4, -0.2) is 44.7 Å². The minimum atomic E-state index is -0.893. The summed E-state index contributed by atoms with van der Waals surface area (Å²) in [5.41, 5.74) is 4.82. The number of aryl methyl sites for hydroxylation is 1. The Morgan fingerprint density at radius 2 is 1.64 bits per heavy atom. The second-order valence-electron chi connectivity index (χ2n) is 3.91. The van der Waals surface area contributed by atoms with Gasteiger partial charge in [0.05, 0.1) is 14.2 Å². The molecule has 116 valence electrons. The van der Waals surface area contributed by atoms with E-state index in [2.05, 4.69) is 19.9 Å². The molecule has 0 atom stereocenters. The van der Waals surface area contributed by atoms with Crippen LogP contribution in [-0.2, 0) is 7.05 Å². The summed E-state index contributed by atoms with van der Waals surface area (Å²) in [6, 6.07) is -0.538. The number of nitrogens with two attached hydrogens (primary N) is 1. The Morgan fingerprint density at radius 1 is 1.09 bits per heavy atom. The lowest BCUT2D eigenvalue weighted by molar-refractivity contribution is 0.0716. The summed E-state index contributed by atoms with van der Waals surface area (Å²) < 4.78 is 15.7. The summed E-state index contributed by atoms with van der Waals surface area (Å²) >= 11 is 0. The smallest absolute Gasteiger partial charge is 0.351 e. The zero-order chi connectivity index (χ0) is 16.3. The molecule has 0 aromatic carbocycles. The van der Waals surface area contributed by atoms with Gasteiger partial charge in [-0.25, -0.2) is 9.59 Å². The summed E-state index contributed by atoms with van der Waals surface area (Å²) in [5, 5.41) is 0. The van der Waals surface area contributed by atoms with Crippen molar-refractivity contribution in [2.24, 2.45) is 7.05 Å². The first-order valence-electron chi connectivity index (χ1n) is 5.84. The largest absolute Gasteiger partial charge is 0.467 e. The molecule has 0 aliphatic carbocycles. The van der Waals surface area contributed by atoms with Gasteiger partial charge in [-0.15, -0.1) is 15.0 Å². The van der Waals surface area contributed by atoms with Gasteiger partial charge in [0.25, 0.3) is 0 Å². The normalized spacial score (nSPS) is 10.1. The number of anilines is 1. The quantitative estimate of drug-likeness (QED) is 0.682. The van der Waals surface area contributed by atoms with Crippen molar-refractivity contribution in [1.29, 1.82) is 0 Å². The maximum atomic E-state index is 12.1. The molecule has 2 heterocycles. The highest BCUT2D eigenvalue weighted by atomic mass is 16.6. The third kappa shape index (κ3) is 3.08. The number of hydrogen-bond acceptors (Lipinski definition) is 10. The SMILES string of the molecule is COc1nc(OC)nc(OC(=O)c2cn(C)c(=O)nc2N)n1. The number of nitrogens with zero attached hydrogens (tertiary/aromatic N) is 5. The first-order chi connectivity index (χ1) is 10.4.